The molecule has 0 aromatic carbocycles. The molecule has 1 atom stereocenters. The predicted molar refractivity (Wildman–Crippen MR) is 77.6 cm³/mol. The van der Waals surface area contributed by atoms with Gasteiger partial charge in [0.25, 0.3) is 0 Å². The van der Waals surface area contributed by atoms with Gasteiger partial charge in [0.05, 0.1) is 11.8 Å². The molecule has 0 aliphatic heterocycles. The highest BCUT2D eigenvalue weighted by Gasteiger charge is 2.11. The fourth-order valence-corrected chi connectivity index (χ4v) is 2.08. The minimum absolute atomic E-state index is 0.450. The molecule has 1 rings (SSSR count). The molecule has 0 saturated heterocycles. The van der Waals surface area contributed by atoms with Crippen molar-refractivity contribution in [1.82, 2.24) is 14.7 Å². The van der Waals surface area contributed by atoms with Crippen LogP contribution in [0.5, 0.6) is 0 Å². The van der Waals surface area contributed by atoms with E-state index in [1.54, 1.807) is 0 Å². The predicted octanol–water partition coefficient (Wildman–Crippen LogP) is 3.23. The Labute approximate surface area is 117 Å². The molecule has 0 N–H and O–H groups in total. The molecule has 0 amide bonds. The van der Waals surface area contributed by atoms with Gasteiger partial charge in [-0.15, -0.1) is 0 Å². The number of hydrogen-bond donors (Lipinski definition) is 0. The maximum absolute atomic E-state index is 8.73. The number of rotatable bonds is 8. The summed E-state index contributed by atoms with van der Waals surface area (Å²) in [7, 11) is 0. The Morgan fingerprint density at radius 1 is 1.42 bits per heavy atom. The molecule has 19 heavy (non-hydrogen) atoms. The van der Waals surface area contributed by atoms with Crippen molar-refractivity contribution in [3.63, 3.8) is 0 Å². The van der Waals surface area contributed by atoms with E-state index in [0.717, 1.165) is 31.7 Å². The molecule has 4 nitrogen and oxygen atoms in total. The lowest BCUT2D eigenvalue weighted by molar-refractivity contribution is 0.237. The molecule has 1 unspecified atom stereocenters. The molecule has 0 aliphatic carbocycles. The average Bonchev–Trinajstić information content (AvgIpc) is 2.82. The van der Waals surface area contributed by atoms with E-state index in [-0.39, 0.29) is 0 Å². The number of aromatic nitrogens is 2. The van der Waals surface area contributed by atoms with E-state index in [1.807, 2.05) is 4.68 Å². The molecule has 106 valence electrons. The van der Waals surface area contributed by atoms with Crippen LogP contribution in [0.15, 0.2) is 12.3 Å². The molecular formula is C15H26N4. The summed E-state index contributed by atoms with van der Waals surface area (Å²) in [5.41, 5.74) is 1.10. The lowest BCUT2D eigenvalue weighted by Crippen LogP contribution is -2.28. The Hall–Kier alpha value is -1.34. The van der Waals surface area contributed by atoms with E-state index in [1.165, 1.54) is 0 Å². The molecule has 4 heteroatoms. The van der Waals surface area contributed by atoms with Crippen molar-refractivity contribution < 1.29 is 0 Å². The number of nitriles is 1. The number of hydrogen-bond acceptors (Lipinski definition) is 3. The van der Waals surface area contributed by atoms with Crippen molar-refractivity contribution in [2.45, 2.75) is 53.1 Å². The van der Waals surface area contributed by atoms with Crippen LogP contribution in [-0.4, -0.2) is 27.8 Å². The minimum Gasteiger partial charge on any atom is -0.296 e. The first kappa shape index (κ1) is 15.7. The summed E-state index contributed by atoms with van der Waals surface area (Å²) in [5, 5.41) is 13.4. The van der Waals surface area contributed by atoms with Crippen LogP contribution in [0.4, 0.5) is 0 Å². The third-order valence-electron chi connectivity index (χ3n) is 3.25. The lowest BCUT2D eigenvalue weighted by Gasteiger charge is -2.22. The average molecular weight is 262 g/mol. The SMILES string of the molecule is CCC(C)n1ccc(CN(CCC#N)CC(C)C)n1. The number of nitrogens with zero attached hydrogens (tertiary/aromatic N) is 4. The summed E-state index contributed by atoms with van der Waals surface area (Å²) in [6, 6.07) is 4.76. The Balaban J connectivity index is 2.62. The Morgan fingerprint density at radius 2 is 2.16 bits per heavy atom. The van der Waals surface area contributed by atoms with Gasteiger partial charge < -0.3 is 0 Å². The van der Waals surface area contributed by atoms with Gasteiger partial charge in [-0.2, -0.15) is 10.4 Å². The van der Waals surface area contributed by atoms with Crippen LogP contribution in [0.25, 0.3) is 0 Å². The third kappa shape index (κ3) is 5.44. The first-order valence-corrected chi connectivity index (χ1v) is 7.20. The molecule has 0 spiro atoms. The Bertz CT molecular complexity index is 403. The molecule has 0 saturated carbocycles. The van der Waals surface area contributed by atoms with E-state index in [9.17, 15) is 0 Å². The van der Waals surface area contributed by atoms with Crippen LogP contribution in [0.3, 0.4) is 0 Å². The second-order valence-electron chi connectivity index (χ2n) is 5.58. The van der Waals surface area contributed by atoms with Crippen molar-refractivity contribution in [2.24, 2.45) is 5.92 Å². The molecule has 1 aromatic rings. The first-order chi connectivity index (χ1) is 9.06. The van der Waals surface area contributed by atoms with Gasteiger partial charge in [-0.25, -0.2) is 0 Å². The Kier molecular flexibility index (Phi) is 6.58. The van der Waals surface area contributed by atoms with Crippen LogP contribution in [0, 0.1) is 17.2 Å². The van der Waals surface area contributed by atoms with Crippen LogP contribution in [-0.2, 0) is 6.54 Å². The van der Waals surface area contributed by atoms with Gasteiger partial charge >= 0.3 is 0 Å². The van der Waals surface area contributed by atoms with Crippen LogP contribution < -0.4 is 0 Å². The zero-order valence-corrected chi connectivity index (χ0v) is 12.6. The fraction of sp³-hybridized carbons (Fsp3) is 0.733. The van der Waals surface area contributed by atoms with E-state index in [4.69, 9.17) is 5.26 Å². The lowest BCUT2D eigenvalue weighted by atomic mass is 10.2. The van der Waals surface area contributed by atoms with Gasteiger partial charge in [0.15, 0.2) is 0 Å². The Morgan fingerprint density at radius 3 is 2.74 bits per heavy atom. The van der Waals surface area contributed by atoms with E-state index >= 15 is 0 Å². The summed E-state index contributed by atoms with van der Waals surface area (Å²) < 4.78 is 2.03. The normalized spacial score (nSPS) is 12.9. The molecule has 1 aromatic heterocycles. The summed E-state index contributed by atoms with van der Waals surface area (Å²) >= 11 is 0. The van der Waals surface area contributed by atoms with Crippen LogP contribution in [0.1, 0.15) is 52.3 Å². The summed E-state index contributed by atoms with van der Waals surface area (Å²) in [6.07, 6.45) is 3.73. The van der Waals surface area contributed by atoms with Crippen molar-refractivity contribution in [3.8, 4) is 6.07 Å². The van der Waals surface area contributed by atoms with Gasteiger partial charge in [-0.1, -0.05) is 20.8 Å². The maximum Gasteiger partial charge on any atom is 0.0764 e. The van der Waals surface area contributed by atoms with Crippen LogP contribution >= 0.6 is 0 Å². The molecule has 0 aliphatic rings. The molecular weight excluding hydrogens is 236 g/mol. The van der Waals surface area contributed by atoms with Crippen molar-refractivity contribution in [3.05, 3.63) is 18.0 Å². The smallest absolute Gasteiger partial charge is 0.0764 e. The minimum atomic E-state index is 0.450. The second-order valence-corrected chi connectivity index (χ2v) is 5.58. The first-order valence-electron chi connectivity index (χ1n) is 7.20. The molecule has 0 fully saturated rings. The standard InChI is InChI=1S/C15H26N4/c1-5-14(4)19-10-7-15(17-19)12-18(9-6-8-16)11-13(2)3/h7,10,13-14H,5-6,9,11-12H2,1-4H3. The third-order valence-corrected chi connectivity index (χ3v) is 3.25. The van der Waals surface area contributed by atoms with E-state index < -0.39 is 0 Å². The summed E-state index contributed by atoms with van der Waals surface area (Å²) in [6.45, 7) is 11.4. The van der Waals surface area contributed by atoms with E-state index in [0.29, 0.717) is 18.4 Å². The fourth-order valence-electron chi connectivity index (χ4n) is 2.08. The highest BCUT2D eigenvalue weighted by atomic mass is 15.3. The maximum atomic E-state index is 8.73. The van der Waals surface area contributed by atoms with Crippen molar-refractivity contribution in [2.75, 3.05) is 13.1 Å². The van der Waals surface area contributed by atoms with Gasteiger partial charge in [-0.3, -0.25) is 9.58 Å². The molecule has 1 heterocycles. The van der Waals surface area contributed by atoms with Gasteiger partial charge in [0.1, 0.15) is 0 Å². The molecule has 0 bridgehead atoms. The van der Waals surface area contributed by atoms with Gasteiger partial charge in [0.2, 0.25) is 0 Å². The van der Waals surface area contributed by atoms with Crippen molar-refractivity contribution >= 4 is 0 Å². The summed E-state index contributed by atoms with van der Waals surface area (Å²) in [4.78, 5) is 2.32. The van der Waals surface area contributed by atoms with Gasteiger partial charge in [-0.05, 0) is 25.3 Å². The highest BCUT2D eigenvalue weighted by molar-refractivity contribution is 4.99. The van der Waals surface area contributed by atoms with Gasteiger partial charge in [0, 0.05) is 38.3 Å². The van der Waals surface area contributed by atoms with E-state index in [2.05, 4.69) is 56.0 Å². The topological polar surface area (TPSA) is 44.9 Å². The largest absolute Gasteiger partial charge is 0.296 e. The quantitative estimate of drug-likeness (QED) is 0.722. The monoisotopic (exact) mass is 262 g/mol. The van der Waals surface area contributed by atoms with Crippen molar-refractivity contribution in [1.29, 1.82) is 5.26 Å². The zero-order valence-electron chi connectivity index (χ0n) is 12.6. The second kappa shape index (κ2) is 7.96. The molecule has 0 radical (unpaired) electrons. The van der Waals surface area contributed by atoms with Crippen LogP contribution in [0.2, 0.25) is 0 Å². The zero-order chi connectivity index (χ0) is 14.3. The highest BCUT2D eigenvalue weighted by Crippen LogP contribution is 2.11. The summed E-state index contributed by atoms with van der Waals surface area (Å²) in [5.74, 6) is 0.607.